The van der Waals surface area contributed by atoms with Crippen LogP contribution in [0.5, 0.6) is 0 Å². The summed E-state index contributed by atoms with van der Waals surface area (Å²) in [4.78, 5) is 30.3. The summed E-state index contributed by atoms with van der Waals surface area (Å²) in [6.45, 7) is 0.00244. The lowest BCUT2D eigenvalue weighted by molar-refractivity contribution is 0.113. The van der Waals surface area contributed by atoms with E-state index < -0.39 is 35.6 Å². The van der Waals surface area contributed by atoms with Crippen LogP contribution in [0.15, 0.2) is 48.7 Å². The molecule has 0 fully saturated rings. The minimum atomic E-state index is -1.03. The molecule has 186 valence electrons. The number of pyridine rings is 1. The molecule has 3 rings (SSSR count). The molecule has 8 nitrogen and oxygen atoms in total. The summed E-state index contributed by atoms with van der Waals surface area (Å²) in [5, 5.41) is 6.26. The van der Waals surface area contributed by atoms with Gasteiger partial charge in [-0.1, -0.05) is 12.1 Å². The van der Waals surface area contributed by atoms with Gasteiger partial charge >= 0.3 is 12.1 Å². The van der Waals surface area contributed by atoms with Crippen LogP contribution < -0.4 is 16.4 Å². The summed E-state index contributed by atoms with van der Waals surface area (Å²) < 4.78 is 45.9. The molecule has 0 aliphatic carbocycles. The van der Waals surface area contributed by atoms with Crippen LogP contribution in [-0.4, -0.2) is 48.2 Å². The normalized spacial score (nSPS) is 11.7. The molecular weight excluding hydrogens is 463 g/mol. The van der Waals surface area contributed by atoms with Gasteiger partial charge in [0.15, 0.2) is 11.6 Å². The zero-order valence-electron chi connectivity index (χ0n) is 19.1. The highest BCUT2D eigenvalue weighted by Crippen LogP contribution is 2.18. The molecule has 3 aromatic rings. The number of nitrogens with zero attached hydrogens (tertiary/aromatic N) is 2. The van der Waals surface area contributed by atoms with Crippen molar-refractivity contribution in [1.82, 2.24) is 15.2 Å². The van der Waals surface area contributed by atoms with Gasteiger partial charge in [-0.15, -0.1) is 0 Å². The Morgan fingerprint density at radius 1 is 1.14 bits per heavy atom. The number of nitrogens with one attached hydrogen (secondary N) is 2. The van der Waals surface area contributed by atoms with E-state index in [0.717, 1.165) is 6.07 Å². The van der Waals surface area contributed by atoms with E-state index in [0.29, 0.717) is 30.2 Å². The van der Waals surface area contributed by atoms with Gasteiger partial charge in [0, 0.05) is 30.7 Å². The molecule has 0 saturated heterocycles. The summed E-state index contributed by atoms with van der Waals surface area (Å²) >= 11 is 0. The first-order chi connectivity index (χ1) is 16.8. The van der Waals surface area contributed by atoms with Gasteiger partial charge in [-0.2, -0.15) is 0 Å². The van der Waals surface area contributed by atoms with Crippen molar-refractivity contribution < 1.29 is 27.5 Å². The molecule has 1 atom stereocenters. The molecule has 1 heterocycles. The molecule has 3 amide bonds. The lowest BCUT2D eigenvalue weighted by Crippen LogP contribution is -2.46. The molecule has 1 aromatic heterocycles. The smallest absolute Gasteiger partial charge is 0.412 e. The largest absolute Gasteiger partial charge is 0.447 e. The van der Waals surface area contributed by atoms with E-state index in [-0.39, 0.29) is 24.5 Å². The van der Waals surface area contributed by atoms with Gasteiger partial charge in [0.1, 0.15) is 18.2 Å². The molecule has 0 saturated carbocycles. The van der Waals surface area contributed by atoms with Gasteiger partial charge in [0.05, 0.1) is 6.04 Å². The van der Waals surface area contributed by atoms with Gasteiger partial charge in [-0.25, -0.2) is 27.7 Å². The topological polar surface area (TPSA) is 110 Å². The molecule has 0 bridgehead atoms. The molecule has 0 aliphatic rings. The summed E-state index contributed by atoms with van der Waals surface area (Å²) in [6, 6.07) is 8.34. The van der Waals surface area contributed by atoms with Crippen LogP contribution in [0.1, 0.15) is 18.4 Å². The van der Waals surface area contributed by atoms with Gasteiger partial charge < -0.3 is 20.7 Å². The molecule has 4 N–H and O–H groups in total. The molecule has 35 heavy (non-hydrogen) atoms. The number of halogens is 3. The standard InChI is InChI=1S/C24H26F3N5O3/c1-32(23(33)30-13-16-4-2-6-20(26)22(16)27)19(5-3-9-28)14-35-24(34)31-21-11-17-10-18(25)8-7-15(17)12-29-21/h2,4,6-8,10-12,19H,3,5,9,13-14,28H2,1H3,(H,30,33)(H,29,31,34)/t19-/m0/s1. The Morgan fingerprint density at radius 3 is 2.71 bits per heavy atom. The van der Waals surface area contributed by atoms with Crippen molar-refractivity contribution in [2.24, 2.45) is 5.73 Å². The molecule has 2 aromatic carbocycles. The predicted octanol–water partition coefficient (Wildman–Crippen LogP) is 4.15. The summed E-state index contributed by atoms with van der Waals surface area (Å²) in [7, 11) is 1.50. The Balaban J connectivity index is 1.57. The average Bonchev–Trinajstić information content (AvgIpc) is 2.84. The highest BCUT2D eigenvalue weighted by molar-refractivity contribution is 5.89. The number of anilines is 1. The first-order valence-electron chi connectivity index (χ1n) is 10.9. The van der Waals surface area contributed by atoms with E-state index in [1.807, 2.05) is 0 Å². The summed E-state index contributed by atoms with van der Waals surface area (Å²) in [5.74, 6) is -2.27. The number of fused-ring (bicyclic) bond motifs is 1. The molecule has 0 radical (unpaired) electrons. The van der Waals surface area contributed by atoms with Gasteiger partial charge in [-0.05, 0) is 55.1 Å². The van der Waals surface area contributed by atoms with Crippen LogP contribution in [0.2, 0.25) is 0 Å². The van der Waals surface area contributed by atoms with Crippen molar-refractivity contribution in [2.45, 2.75) is 25.4 Å². The Kier molecular flexibility index (Phi) is 8.85. The first kappa shape index (κ1) is 25.8. The van der Waals surface area contributed by atoms with Gasteiger partial charge in [0.25, 0.3) is 0 Å². The van der Waals surface area contributed by atoms with Crippen LogP contribution in [0.3, 0.4) is 0 Å². The van der Waals surface area contributed by atoms with Crippen LogP contribution in [0.4, 0.5) is 28.6 Å². The number of aromatic nitrogens is 1. The van der Waals surface area contributed by atoms with Crippen molar-refractivity contribution in [3.63, 3.8) is 0 Å². The summed E-state index contributed by atoms with van der Waals surface area (Å²) in [6.07, 6.45) is 1.69. The minimum Gasteiger partial charge on any atom is -0.447 e. The van der Waals surface area contributed by atoms with Crippen LogP contribution in [0, 0.1) is 17.5 Å². The highest BCUT2D eigenvalue weighted by atomic mass is 19.2. The van der Waals surface area contributed by atoms with E-state index in [1.54, 1.807) is 6.07 Å². The van der Waals surface area contributed by atoms with E-state index >= 15 is 0 Å². The maximum absolute atomic E-state index is 13.8. The third-order valence-electron chi connectivity index (χ3n) is 5.39. The van der Waals surface area contributed by atoms with Crippen LogP contribution >= 0.6 is 0 Å². The zero-order chi connectivity index (χ0) is 25.4. The second-order valence-corrected chi connectivity index (χ2v) is 7.85. The Morgan fingerprint density at radius 2 is 1.94 bits per heavy atom. The SMILES string of the molecule is CN(C(=O)NCc1cccc(F)c1F)[C@@H](CCCN)COC(=O)Nc1cc2cc(F)ccc2cn1. The number of rotatable bonds is 9. The average molecular weight is 489 g/mol. The number of urea groups is 1. The van der Waals surface area contributed by atoms with Gasteiger partial charge in [0.2, 0.25) is 0 Å². The molecule has 0 spiro atoms. The number of benzene rings is 2. The van der Waals surface area contributed by atoms with Crippen molar-refractivity contribution in [1.29, 1.82) is 0 Å². The summed E-state index contributed by atoms with van der Waals surface area (Å²) in [5.41, 5.74) is 5.58. The number of ether oxygens (including phenoxy) is 1. The number of likely N-dealkylation sites (N-methyl/N-ethyl adjacent to an activating group) is 1. The highest BCUT2D eigenvalue weighted by Gasteiger charge is 2.22. The van der Waals surface area contributed by atoms with Crippen molar-refractivity contribution >= 4 is 28.7 Å². The maximum Gasteiger partial charge on any atom is 0.412 e. The molecule has 11 heteroatoms. The lowest BCUT2D eigenvalue weighted by Gasteiger charge is -2.28. The number of hydrogen-bond acceptors (Lipinski definition) is 5. The van der Waals surface area contributed by atoms with Crippen molar-refractivity contribution in [3.8, 4) is 0 Å². The third kappa shape index (κ3) is 7.06. The second-order valence-electron chi connectivity index (χ2n) is 7.85. The molecule has 0 unspecified atom stereocenters. The number of carbonyl (C=O) groups excluding carboxylic acids is 2. The van der Waals surface area contributed by atoms with Crippen LogP contribution in [-0.2, 0) is 11.3 Å². The third-order valence-corrected chi connectivity index (χ3v) is 5.39. The fourth-order valence-corrected chi connectivity index (χ4v) is 3.38. The number of hydrogen-bond donors (Lipinski definition) is 3. The van der Waals surface area contributed by atoms with E-state index in [4.69, 9.17) is 10.5 Å². The fraction of sp³-hybridized carbons (Fsp3) is 0.292. The van der Waals surface area contributed by atoms with E-state index in [2.05, 4.69) is 15.6 Å². The Hall–Kier alpha value is -3.86. The minimum absolute atomic E-state index is 0.00338. The molecular formula is C24H26F3N5O3. The van der Waals surface area contributed by atoms with Crippen molar-refractivity contribution in [2.75, 3.05) is 25.5 Å². The molecule has 0 aliphatic heterocycles. The Labute approximate surface area is 200 Å². The monoisotopic (exact) mass is 489 g/mol. The quantitative estimate of drug-likeness (QED) is 0.418. The van der Waals surface area contributed by atoms with E-state index in [9.17, 15) is 22.8 Å². The van der Waals surface area contributed by atoms with Crippen LogP contribution in [0.25, 0.3) is 10.8 Å². The van der Waals surface area contributed by atoms with E-state index in [1.165, 1.54) is 48.5 Å². The fourth-order valence-electron chi connectivity index (χ4n) is 3.38. The number of carbonyl (C=O) groups is 2. The number of nitrogens with two attached hydrogens (primary N) is 1. The lowest BCUT2D eigenvalue weighted by atomic mass is 10.1. The van der Waals surface area contributed by atoms with Gasteiger partial charge in [-0.3, -0.25) is 5.32 Å². The predicted molar refractivity (Wildman–Crippen MR) is 125 cm³/mol. The zero-order valence-corrected chi connectivity index (χ0v) is 19.1. The van der Waals surface area contributed by atoms with Crippen molar-refractivity contribution in [3.05, 3.63) is 71.7 Å². The maximum atomic E-state index is 13.8. The number of amides is 3. The Bertz CT molecular complexity index is 1190. The second kappa shape index (κ2) is 12.0. The first-order valence-corrected chi connectivity index (χ1v) is 10.9.